The Bertz CT molecular complexity index is 1120. The Morgan fingerprint density at radius 2 is 1.31 bits per heavy atom. The number of hydrogen-bond acceptors (Lipinski definition) is 8. The van der Waals surface area contributed by atoms with Crippen molar-refractivity contribution >= 4 is 85.0 Å². The van der Waals surface area contributed by atoms with Gasteiger partial charge in [-0.05, 0) is 66.8 Å². The van der Waals surface area contributed by atoms with E-state index in [-0.39, 0.29) is 18.0 Å². The van der Waals surface area contributed by atoms with E-state index in [9.17, 15) is 0 Å². The van der Waals surface area contributed by atoms with Crippen molar-refractivity contribution in [2.75, 3.05) is 0 Å². The van der Waals surface area contributed by atoms with Gasteiger partial charge in [0.25, 0.3) is 0 Å². The molecule has 4 rings (SSSR count). The van der Waals surface area contributed by atoms with Gasteiger partial charge in [0.05, 0.1) is 58.7 Å². The van der Waals surface area contributed by atoms with E-state index in [4.69, 9.17) is 49.4 Å². The van der Waals surface area contributed by atoms with Gasteiger partial charge in [-0.2, -0.15) is 0 Å². The molecule has 4 aromatic rings. The summed E-state index contributed by atoms with van der Waals surface area (Å²) in [5, 5.41) is 3.50. The molecular weight excluding hydrogens is 598 g/mol. The summed E-state index contributed by atoms with van der Waals surface area (Å²) in [6.07, 6.45) is 4.38. The molecule has 0 atom stereocenters. The zero-order valence-electron chi connectivity index (χ0n) is 18.6. The third-order valence-corrected chi connectivity index (χ3v) is 7.12. The summed E-state index contributed by atoms with van der Waals surface area (Å²) in [6.45, 7) is 7.86. The topological polar surface area (TPSA) is 77.3 Å². The zero-order valence-corrected chi connectivity index (χ0v) is 22.9. The summed E-state index contributed by atoms with van der Waals surface area (Å²) in [5.74, 6) is 0. The van der Waals surface area contributed by atoms with Gasteiger partial charge in [-0.1, -0.05) is 30.6 Å². The van der Waals surface area contributed by atoms with E-state index in [1.54, 1.807) is 22.7 Å². The van der Waals surface area contributed by atoms with Gasteiger partial charge in [-0.3, -0.25) is 0 Å². The van der Waals surface area contributed by atoms with Gasteiger partial charge in [0, 0.05) is 2.97 Å². The molecule has 32 heavy (non-hydrogen) atoms. The van der Waals surface area contributed by atoms with Gasteiger partial charge < -0.3 is 0 Å². The number of rotatable bonds is 1. The van der Waals surface area contributed by atoms with Crippen molar-refractivity contribution in [2.45, 2.75) is 35.1 Å². The molecule has 0 aromatic carbocycles. The van der Waals surface area contributed by atoms with Crippen LogP contribution in [0, 0.1) is 27.7 Å². The maximum atomic E-state index is 6.01. The summed E-state index contributed by atoms with van der Waals surface area (Å²) in [5.41, 5.74) is 2.65. The molecule has 0 aliphatic rings. The molecule has 0 spiro atoms. The average Bonchev–Trinajstić information content (AvgIpc) is 3.26. The van der Waals surface area contributed by atoms with Gasteiger partial charge in [0.2, 0.25) is 10.6 Å². The van der Waals surface area contributed by atoms with E-state index in [1.807, 2.05) is 27.7 Å². The molecule has 0 bridgehead atoms. The molecule has 4 aromatic heterocycles. The fourth-order valence-electron chi connectivity index (χ4n) is 2.06. The molecule has 0 fully saturated rings. The van der Waals surface area contributed by atoms with Crippen LogP contribution in [0.1, 0.15) is 31.8 Å². The molecule has 4 heterocycles. The van der Waals surface area contributed by atoms with Gasteiger partial charge in [0.1, 0.15) is 5.69 Å². The van der Waals surface area contributed by atoms with Crippen molar-refractivity contribution in [3.8, 4) is 10.6 Å². The predicted octanol–water partition coefficient (Wildman–Crippen LogP) is 8.71. The summed E-state index contributed by atoms with van der Waals surface area (Å²) < 4.78 is 11.1. The third kappa shape index (κ3) is 9.13. The van der Waals surface area contributed by atoms with Crippen molar-refractivity contribution in [1.82, 2.24) is 29.9 Å². The highest BCUT2D eigenvalue weighted by Crippen LogP contribution is 2.33. The van der Waals surface area contributed by atoms with E-state index in [0.29, 0.717) is 15.7 Å². The summed E-state index contributed by atoms with van der Waals surface area (Å²) in [7, 11) is 0. The molecule has 13 heteroatoms. The third-order valence-electron chi connectivity index (χ3n) is 3.27. The van der Waals surface area contributed by atoms with Crippen LogP contribution in [0.25, 0.3) is 10.6 Å². The molecule has 0 aliphatic carbocycles. The average molecular weight is 621 g/mol. The molecule has 0 radical (unpaired) electrons. The van der Waals surface area contributed by atoms with E-state index >= 15 is 0 Å². The maximum absolute atomic E-state index is 6.01. The van der Waals surface area contributed by atoms with Crippen molar-refractivity contribution in [3.63, 3.8) is 0 Å². The van der Waals surface area contributed by atoms with Gasteiger partial charge in [-0.15, -0.1) is 22.7 Å². The first kappa shape index (κ1) is 27.3. The van der Waals surface area contributed by atoms with Crippen LogP contribution < -0.4 is 0 Å². The molecule has 174 valence electrons. The molecule has 6 nitrogen and oxygen atoms in total. The van der Waals surface area contributed by atoms with Crippen LogP contribution in [0.3, 0.4) is 0 Å². The van der Waals surface area contributed by atoms with E-state index in [0.717, 1.165) is 30.1 Å². The first-order chi connectivity index (χ1) is 15.6. The standard InChI is InChI=1S/C9H7Cl2N3S.C5H6BrNS.C4H2Cl2N2.CH4.H2/c1-4-8(15-5(2)13-4)7-6(10)3-12-9(11)14-7;1-3-5(6)8-4(2)7-3;5-3-1-7-4(6)8-2-3;;/h3H,1-2H3;1-2H3;1-2H;1H4;1H/i;;;;1+1D. The van der Waals surface area contributed by atoms with Gasteiger partial charge >= 0.3 is 0 Å². The minimum absolute atomic E-state index is 0. The van der Waals surface area contributed by atoms with Crippen LogP contribution >= 0.6 is 85.0 Å². The fraction of sp³-hybridized carbons (Fsp3) is 0.263. The Morgan fingerprint density at radius 3 is 1.72 bits per heavy atom. The molecule has 0 unspecified atom stereocenters. The minimum Gasteiger partial charge on any atom is -0.246 e. The molecule has 0 saturated carbocycles. The van der Waals surface area contributed by atoms with Crippen LogP contribution in [0.2, 0.25) is 20.6 Å². The summed E-state index contributed by atoms with van der Waals surface area (Å²) in [6, 6.07) is 0. The monoisotopic (exact) mass is 618 g/mol. The van der Waals surface area contributed by atoms with Crippen molar-refractivity contribution < 1.29 is 2.97 Å². The summed E-state index contributed by atoms with van der Waals surface area (Å²) in [4.78, 5) is 24.6. The lowest BCUT2D eigenvalue weighted by Crippen LogP contribution is -1.88. The highest BCUT2D eigenvalue weighted by atomic mass is 79.9. The van der Waals surface area contributed by atoms with E-state index in [1.165, 1.54) is 18.6 Å². The van der Waals surface area contributed by atoms with Crippen LogP contribution in [-0.4, -0.2) is 29.9 Å². The summed E-state index contributed by atoms with van der Waals surface area (Å²) >= 11 is 29.1. The first-order valence-corrected chi connectivity index (χ1v) is 12.4. The predicted molar refractivity (Wildman–Crippen MR) is 143 cm³/mol. The van der Waals surface area contributed by atoms with E-state index < -0.39 is 0 Å². The lowest BCUT2D eigenvalue weighted by molar-refractivity contribution is 1.16. The van der Waals surface area contributed by atoms with Crippen LogP contribution in [0.15, 0.2) is 22.4 Å². The van der Waals surface area contributed by atoms with Gasteiger partial charge in [-0.25, -0.2) is 29.9 Å². The highest BCUT2D eigenvalue weighted by Gasteiger charge is 2.13. The van der Waals surface area contributed by atoms with Gasteiger partial charge in [0.15, 0.2) is 0 Å². The Kier molecular flexibility index (Phi) is 11.7. The van der Waals surface area contributed by atoms with Crippen molar-refractivity contribution in [3.05, 3.63) is 64.4 Å². The second-order valence-electron chi connectivity index (χ2n) is 5.75. The quantitative estimate of drug-likeness (QED) is 0.198. The van der Waals surface area contributed by atoms with Crippen LogP contribution in [0.5, 0.6) is 0 Å². The molecule has 0 amide bonds. The Labute approximate surface area is 226 Å². The van der Waals surface area contributed by atoms with Crippen LogP contribution in [-0.2, 0) is 0 Å². The largest absolute Gasteiger partial charge is 0.246 e. The Morgan fingerprint density at radius 1 is 0.781 bits per heavy atom. The number of halogens is 5. The Balaban J connectivity index is 0.000000491. The lowest BCUT2D eigenvalue weighted by atomic mass is 10.3. The zero-order chi connectivity index (χ0) is 25.1. The van der Waals surface area contributed by atoms with Crippen LogP contribution in [0.4, 0.5) is 0 Å². The maximum Gasteiger partial charge on any atom is 0.223 e. The van der Waals surface area contributed by atoms with Crippen molar-refractivity contribution in [2.24, 2.45) is 0 Å². The normalized spacial score (nSPS) is 10.0. The Hall–Kier alpha value is -0.940. The molecular formula is C19H21BrCl4N6S2. The lowest BCUT2D eigenvalue weighted by Gasteiger charge is -2.00. The minimum atomic E-state index is 0. The molecule has 0 aliphatic heterocycles. The number of aryl methyl sites for hydroxylation is 4. The van der Waals surface area contributed by atoms with E-state index in [2.05, 4.69) is 45.8 Å². The fourth-order valence-corrected chi connectivity index (χ4v) is 4.98. The number of thiazole rings is 2. The first-order valence-electron chi connectivity index (χ1n) is 9.41. The smallest absolute Gasteiger partial charge is 0.223 e. The number of hydrogen-bond donors (Lipinski definition) is 0. The number of aromatic nitrogens is 6. The van der Waals surface area contributed by atoms with Crippen molar-refractivity contribution in [1.29, 1.82) is 0 Å². The second-order valence-corrected chi connectivity index (χ2v) is 11.0. The second kappa shape index (κ2) is 13.7. The number of nitrogens with zero attached hydrogens (tertiary/aromatic N) is 6. The SMILES string of the molecule is C.Cc1nc(C)c(-c2nc(Cl)ncc2Cl)s1.Cc1nc(C)c(Br)s1.Clc1cnc(Cl)nc1.[2H][2H]. The highest BCUT2D eigenvalue weighted by molar-refractivity contribution is 9.11. The molecule has 0 N–H and O–H groups in total. The molecule has 0 saturated heterocycles.